The number of sulfonamides is 1. The summed E-state index contributed by atoms with van der Waals surface area (Å²) in [6.07, 6.45) is 1.31. The maximum atomic E-state index is 12.0. The van der Waals surface area contributed by atoms with Gasteiger partial charge in [0.1, 0.15) is 0 Å². The first-order chi connectivity index (χ1) is 9.03. The van der Waals surface area contributed by atoms with Crippen LogP contribution < -0.4 is 4.72 Å². The molecule has 0 unspecified atom stereocenters. The van der Waals surface area contributed by atoms with E-state index in [2.05, 4.69) is 29.0 Å². The quantitative estimate of drug-likeness (QED) is 0.911. The number of aryl methyl sites for hydroxylation is 1. The van der Waals surface area contributed by atoms with Crippen molar-refractivity contribution in [2.45, 2.75) is 25.0 Å². The Balaban J connectivity index is 2.14. The number of ether oxygens (including phenoxy) is 1. The van der Waals surface area contributed by atoms with Gasteiger partial charge < -0.3 is 4.74 Å². The van der Waals surface area contributed by atoms with Gasteiger partial charge in [-0.3, -0.25) is 0 Å². The molecule has 0 radical (unpaired) electrons. The van der Waals surface area contributed by atoms with Crippen LogP contribution in [0.4, 0.5) is 0 Å². The Labute approximate surface area is 115 Å². The standard InChI is InChI=1S/C14H21NO3S/c1-11-3-5-12(6-4-11)9-13-10-18-8-7-14(13)19(16,17)15-2/h3-6,13-15H,7-10H2,1-2H3/t13-,14+/m0/s1. The fourth-order valence-electron chi connectivity index (χ4n) is 2.55. The number of rotatable bonds is 4. The van der Waals surface area contributed by atoms with Crippen LogP contribution in [0.1, 0.15) is 17.5 Å². The van der Waals surface area contributed by atoms with E-state index < -0.39 is 10.0 Å². The van der Waals surface area contributed by atoms with E-state index in [1.165, 1.54) is 12.6 Å². The number of hydrogen-bond donors (Lipinski definition) is 1. The highest BCUT2D eigenvalue weighted by molar-refractivity contribution is 7.90. The molecule has 19 heavy (non-hydrogen) atoms. The maximum absolute atomic E-state index is 12.0. The Bertz CT molecular complexity index is 510. The Morgan fingerprint density at radius 3 is 2.63 bits per heavy atom. The van der Waals surface area contributed by atoms with Gasteiger partial charge in [0.15, 0.2) is 0 Å². The largest absolute Gasteiger partial charge is 0.381 e. The lowest BCUT2D eigenvalue weighted by Gasteiger charge is -2.31. The zero-order valence-corrected chi connectivity index (χ0v) is 12.2. The Hall–Kier alpha value is -0.910. The third-order valence-corrected chi connectivity index (χ3v) is 5.69. The van der Waals surface area contributed by atoms with E-state index in [1.54, 1.807) is 0 Å². The summed E-state index contributed by atoms with van der Waals surface area (Å²) < 4.78 is 32.0. The van der Waals surface area contributed by atoms with Gasteiger partial charge in [0, 0.05) is 12.5 Å². The van der Waals surface area contributed by atoms with E-state index >= 15 is 0 Å². The van der Waals surface area contributed by atoms with Crippen LogP contribution in [0, 0.1) is 12.8 Å². The number of hydrogen-bond acceptors (Lipinski definition) is 3. The van der Waals surface area contributed by atoms with Gasteiger partial charge in [0.05, 0.1) is 11.9 Å². The summed E-state index contributed by atoms with van der Waals surface area (Å²) in [5.74, 6) is 0.0221. The van der Waals surface area contributed by atoms with Crippen molar-refractivity contribution in [3.63, 3.8) is 0 Å². The predicted molar refractivity (Wildman–Crippen MR) is 75.6 cm³/mol. The second-order valence-corrected chi connectivity index (χ2v) is 7.20. The average molecular weight is 283 g/mol. The second kappa shape index (κ2) is 6.03. The molecule has 0 saturated carbocycles. The van der Waals surface area contributed by atoms with Crippen LogP contribution in [0.5, 0.6) is 0 Å². The Kier molecular flexibility index (Phi) is 4.60. The summed E-state index contributed by atoms with van der Waals surface area (Å²) in [5.41, 5.74) is 2.38. The summed E-state index contributed by atoms with van der Waals surface area (Å²) >= 11 is 0. The molecule has 1 aromatic rings. The van der Waals surface area contributed by atoms with Crippen molar-refractivity contribution < 1.29 is 13.2 Å². The van der Waals surface area contributed by atoms with Crippen LogP contribution in [0.15, 0.2) is 24.3 Å². The normalized spacial score (nSPS) is 24.3. The highest BCUT2D eigenvalue weighted by Crippen LogP contribution is 2.25. The molecule has 1 aliphatic heterocycles. The van der Waals surface area contributed by atoms with Crippen molar-refractivity contribution in [3.8, 4) is 0 Å². The smallest absolute Gasteiger partial charge is 0.214 e. The van der Waals surface area contributed by atoms with Crippen molar-refractivity contribution in [1.82, 2.24) is 4.72 Å². The molecule has 0 amide bonds. The summed E-state index contributed by atoms with van der Waals surface area (Å²) in [6.45, 7) is 3.08. The molecule has 1 fully saturated rings. The lowest BCUT2D eigenvalue weighted by molar-refractivity contribution is 0.0570. The Morgan fingerprint density at radius 1 is 1.32 bits per heavy atom. The molecular formula is C14H21NO3S. The van der Waals surface area contributed by atoms with Crippen molar-refractivity contribution in [2.75, 3.05) is 20.3 Å². The zero-order chi connectivity index (χ0) is 13.9. The molecule has 0 spiro atoms. The van der Waals surface area contributed by atoms with E-state index in [1.807, 2.05) is 6.92 Å². The molecule has 5 heteroatoms. The van der Waals surface area contributed by atoms with Gasteiger partial charge in [0.2, 0.25) is 10.0 Å². The molecule has 2 rings (SSSR count). The molecular weight excluding hydrogens is 262 g/mol. The fraction of sp³-hybridized carbons (Fsp3) is 0.571. The highest BCUT2D eigenvalue weighted by atomic mass is 32.2. The zero-order valence-electron chi connectivity index (χ0n) is 11.4. The van der Waals surface area contributed by atoms with Gasteiger partial charge in [0.25, 0.3) is 0 Å². The SMILES string of the molecule is CNS(=O)(=O)[C@@H]1CCOC[C@@H]1Cc1ccc(C)cc1. The topological polar surface area (TPSA) is 55.4 Å². The van der Waals surface area contributed by atoms with Crippen molar-refractivity contribution in [2.24, 2.45) is 5.92 Å². The molecule has 4 nitrogen and oxygen atoms in total. The highest BCUT2D eigenvalue weighted by Gasteiger charge is 2.35. The molecule has 1 aliphatic rings. The molecule has 106 valence electrons. The predicted octanol–water partition coefficient (Wildman–Crippen LogP) is 1.49. The van der Waals surface area contributed by atoms with E-state index in [0.717, 1.165) is 12.0 Å². The van der Waals surface area contributed by atoms with Crippen LogP contribution in [0.3, 0.4) is 0 Å². The first-order valence-corrected chi connectivity index (χ1v) is 8.13. The molecule has 0 aliphatic carbocycles. The average Bonchev–Trinajstić information content (AvgIpc) is 2.42. The van der Waals surface area contributed by atoms with Gasteiger partial charge >= 0.3 is 0 Å². The van der Waals surface area contributed by atoms with E-state index in [4.69, 9.17) is 4.74 Å². The summed E-state index contributed by atoms with van der Waals surface area (Å²) in [4.78, 5) is 0. The van der Waals surface area contributed by atoms with Crippen LogP contribution in [-0.2, 0) is 21.2 Å². The van der Waals surface area contributed by atoms with Gasteiger partial charge in [-0.25, -0.2) is 13.1 Å². The van der Waals surface area contributed by atoms with Crippen molar-refractivity contribution in [3.05, 3.63) is 35.4 Å². The van der Waals surface area contributed by atoms with Crippen LogP contribution in [-0.4, -0.2) is 33.9 Å². The minimum Gasteiger partial charge on any atom is -0.381 e. The van der Waals surface area contributed by atoms with Gasteiger partial charge in [-0.05, 0) is 32.4 Å². The van der Waals surface area contributed by atoms with Gasteiger partial charge in [-0.1, -0.05) is 29.8 Å². The monoisotopic (exact) mass is 283 g/mol. The molecule has 0 aromatic heterocycles. The summed E-state index contributed by atoms with van der Waals surface area (Å²) in [7, 11) is -1.75. The van der Waals surface area contributed by atoms with E-state index in [0.29, 0.717) is 19.6 Å². The van der Waals surface area contributed by atoms with Crippen LogP contribution in [0.2, 0.25) is 0 Å². The number of nitrogens with one attached hydrogen (secondary N) is 1. The summed E-state index contributed by atoms with van der Waals surface area (Å²) in [5, 5.41) is -0.354. The molecule has 2 atom stereocenters. The first kappa shape index (κ1) is 14.5. The molecule has 1 saturated heterocycles. The molecule has 0 bridgehead atoms. The van der Waals surface area contributed by atoms with Crippen LogP contribution >= 0.6 is 0 Å². The first-order valence-electron chi connectivity index (χ1n) is 6.58. The van der Waals surface area contributed by atoms with E-state index in [9.17, 15) is 8.42 Å². The molecule has 1 N–H and O–H groups in total. The fourth-order valence-corrected chi connectivity index (χ4v) is 3.95. The van der Waals surface area contributed by atoms with E-state index in [-0.39, 0.29) is 11.2 Å². The number of benzene rings is 1. The lowest BCUT2D eigenvalue weighted by atomic mass is 9.93. The second-order valence-electron chi connectivity index (χ2n) is 5.10. The van der Waals surface area contributed by atoms with Gasteiger partial charge in [-0.2, -0.15) is 0 Å². The van der Waals surface area contributed by atoms with Gasteiger partial charge in [-0.15, -0.1) is 0 Å². The third-order valence-electron chi connectivity index (χ3n) is 3.71. The van der Waals surface area contributed by atoms with Crippen molar-refractivity contribution >= 4 is 10.0 Å². The summed E-state index contributed by atoms with van der Waals surface area (Å²) in [6, 6.07) is 8.24. The molecule has 1 heterocycles. The van der Waals surface area contributed by atoms with Crippen LogP contribution in [0.25, 0.3) is 0 Å². The minimum atomic E-state index is -3.23. The van der Waals surface area contributed by atoms with Crippen molar-refractivity contribution in [1.29, 1.82) is 0 Å². The lowest BCUT2D eigenvalue weighted by Crippen LogP contribution is -2.43. The molecule has 1 aromatic carbocycles. The Morgan fingerprint density at radius 2 is 2.00 bits per heavy atom. The maximum Gasteiger partial charge on any atom is 0.214 e. The third kappa shape index (κ3) is 3.55. The minimum absolute atomic E-state index is 0.0221.